The number of thioether (sulfide) groups is 1. The summed E-state index contributed by atoms with van der Waals surface area (Å²) in [5.41, 5.74) is 0. The highest BCUT2D eigenvalue weighted by molar-refractivity contribution is 8.14. The number of carbonyl (C=O) groups is 1. The Kier molecular flexibility index (Phi) is 2.38. The average Bonchev–Trinajstić information content (AvgIpc) is 2.01. The molecule has 0 bridgehead atoms. The van der Waals surface area contributed by atoms with Crippen molar-refractivity contribution in [3.63, 3.8) is 0 Å². The number of carbonyl (C=O) groups excluding carboxylic acids is 1. The predicted molar refractivity (Wildman–Crippen MR) is 43.9 cm³/mol. The molecule has 0 aromatic heterocycles. The highest BCUT2D eigenvalue weighted by Gasteiger charge is 2.27. The summed E-state index contributed by atoms with van der Waals surface area (Å²) in [5, 5.41) is 12.2. The highest BCUT2D eigenvalue weighted by Crippen LogP contribution is 2.18. The third-order valence-electron chi connectivity index (χ3n) is 1.77. The number of nitrogens with zero attached hydrogens (tertiary/aromatic N) is 2. The van der Waals surface area contributed by atoms with Crippen LogP contribution in [-0.2, 0) is 4.79 Å². The smallest absolute Gasteiger partial charge is 0.233 e. The molecule has 0 aromatic rings. The fourth-order valence-corrected chi connectivity index (χ4v) is 1.78. The average molecular weight is 174 g/mol. The molecule has 1 aliphatic heterocycles. The first-order valence-electron chi connectivity index (χ1n) is 3.27. The van der Waals surface area contributed by atoms with Gasteiger partial charge < -0.3 is 10.1 Å². The molecule has 0 aromatic carbocycles. The van der Waals surface area contributed by atoms with E-state index in [1.165, 1.54) is 11.8 Å². The van der Waals surface area contributed by atoms with Crippen molar-refractivity contribution in [3.8, 4) is 0 Å². The summed E-state index contributed by atoms with van der Waals surface area (Å²) in [6, 6.07) is -0.0914. The summed E-state index contributed by atoms with van der Waals surface area (Å²) in [7, 11) is 1.71. The third kappa shape index (κ3) is 1.48. The predicted octanol–water partition coefficient (Wildman–Crippen LogP) is 0.368. The van der Waals surface area contributed by atoms with Gasteiger partial charge in [-0.2, -0.15) is 0 Å². The molecule has 11 heavy (non-hydrogen) atoms. The van der Waals surface area contributed by atoms with Gasteiger partial charge in [-0.15, -0.1) is 0 Å². The summed E-state index contributed by atoms with van der Waals surface area (Å²) >= 11 is 1.29. The van der Waals surface area contributed by atoms with Crippen molar-refractivity contribution in [2.24, 2.45) is 5.16 Å². The maximum atomic E-state index is 11.0. The van der Waals surface area contributed by atoms with Gasteiger partial charge in [-0.05, 0) is 6.92 Å². The molecule has 1 heterocycles. The lowest BCUT2D eigenvalue weighted by molar-refractivity contribution is -0.127. The lowest BCUT2D eigenvalue weighted by Crippen LogP contribution is -2.44. The second-order valence-corrected chi connectivity index (χ2v) is 3.40. The molecular formula is C6H10N2O2S. The molecule has 1 amide bonds. The van der Waals surface area contributed by atoms with Crippen molar-refractivity contribution in [2.75, 3.05) is 12.8 Å². The first-order chi connectivity index (χ1) is 5.16. The SMILES string of the molecule is CC1/C(=N/O)SCC(=O)N1C. The van der Waals surface area contributed by atoms with Crippen molar-refractivity contribution in [1.82, 2.24) is 4.90 Å². The van der Waals surface area contributed by atoms with Crippen LogP contribution in [0.3, 0.4) is 0 Å². The summed E-state index contributed by atoms with van der Waals surface area (Å²) in [6.45, 7) is 1.83. The largest absolute Gasteiger partial charge is 0.410 e. The van der Waals surface area contributed by atoms with Crippen LogP contribution < -0.4 is 0 Å². The van der Waals surface area contributed by atoms with E-state index in [1.807, 2.05) is 6.92 Å². The van der Waals surface area contributed by atoms with Crippen molar-refractivity contribution in [2.45, 2.75) is 13.0 Å². The number of amides is 1. The van der Waals surface area contributed by atoms with E-state index in [0.29, 0.717) is 10.8 Å². The Labute approximate surface area is 69.2 Å². The maximum absolute atomic E-state index is 11.0. The molecule has 0 spiro atoms. The quantitative estimate of drug-likeness (QED) is 0.426. The number of hydrogen-bond acceptors (Lipinski definition) is 4. The summed E-state index contributed by atoms with van der Waals surface area (Å²) in [5.74, 6) is 0.454. The zero-order valence-electron chi connectivity index (χ0n) is 6.44. The molecule has 1 aliphatic rings. The van der Waals surface area contributed by atoms with Crippen LogP contribution in [0.2, 0.25) is 0 Å². The molecular weight excluding hydrogens is 164 g/mol. The van der Waals surface area contributed by atoms with Crippen LogP contribution in [0.5, 0.6) is 0 Å². The van der Waals surface area contributed by atoms with Gasteiger partial charge in [0, 0.05) is 7.05 Å². The van der Waals surface area contributed by atoms with Crippen molar-refractivity contribution in [3.05, 3.63) is 0 Å². The fourth-order valence-electron chi connectivity index (χ4n) is 0.852. The van der Waals surface area contributed by atoms with Gasteiger partial charge >= 0.3 is 0 Å². The standard InChI is InChI=1S/C6H10N2O2S/c1-4-6(7-10)11-3-5(9)8(4)2/h4,10H,3H2,1-2H3/b7-6-. The zero-order chi connectivity index (χ0) is 8.43. The third-order valence-corrected chi connectivity index (χ3v) is 2.88. The molecule has 1 fully saturated rings. The minimum atomic E-state index is -0.0914. The van der Waals surface area contributed by atoms with Gasteiger partial charge in [-0.25, -0.2) is 0 Å². The van der Waals surface area contributed by atoms with Crippen molar-refractivity contribution >= 4 is 22.7 Å². The number of hydrogen-bond donors (Lipinski definition) is 1. The van der Waals surface area contributed by atoms with Crippen molar-refractivity contribution < 1.29 is 10.0 Å². The molecule has 5 heteroatoms. The van der Waals surface area contributed by atoms with Crippen LogP contribution in [0.25, 0.3) is 0 Å². The second-order valence-electron chi connectivity index (χ2n) is 2.41. The Morgan fingerprint density at radius 1 is 1.82 bits per heavy atom. The monoisotopic (exact) mass is 174 g/mol. The molecule has 0 radical (unpaired) electrons. The minimum absolute atomic E-state index is 0.0786. The first kappa shape index (κ1) is 8.39. The minimum Gasteiger partial charge on any atom is -0.410 e. The van der Waals surface area contributed by atoms with Crippen LogP contribution in [0, 0.1) is 0 Å². The van der Waals surface area contributed by atoms with Crippen LogP contribution >= 0.6 is 11.8 Å². The Bertz CT molecular complexity index is 205. The molecule has 1 saturated heterocycles. The van der Waals surface area contributed by atoms with Gasteiger partial charge in [0.15, 0.2) is 0 Å². The van der Waals surface area contributed by atoms with Crippen LogP contribution in [-0.4, -0.2) is 39.9 Å². The summed E-state index contributed by atoms with van der Waals surface area (Å²) < 4.78 is 0. The van der Waals surface area contributed by atoms with E-state index in [-0.39, 0.29) is 11.9 Å². The maximum Gasteiger partial charge on any atom is 0.233 e. The van der Waals surface area contributed by atoms with Crippen LogP contribution in [0.1, 0.15) is 6.92 Å². The number of rotatable bonds is 0. The summed E-state index contributed by atoms with van der Waals surface area (Å²) in [4.78, 5) is 12.6. The molecule has 0 aliphatic carbocycles. The van der Waals surface area contributed by atoms with Gasteiger partial charge in [0.05, 0.1) is 11.8 Å². The van der Waals surface area contributed by atoms with Gasteiger partial charge in [-0.1, -0.05) is 16.9 Å². The molecule has 1 rings (SSSR count). The Morgan fingerprint density at radius 2 is 2.45 bits per heavy atom. The summed E-state index contributed by atoms with van der Waals surface area (Å²) in [6.07, 6.45) is 0. The zero-order valence-corrected chi connectivity index (χ0v) is 7.26. The lowest BCUT2D eigenvalue weighted by atomic mass is 10.3. The molecule has 1 N–H and O–H groups in total. The van der Waals surface area contributed by atoms with Gasteiger partial charge in [0.1, 0.15) is 5.04 Å². The highest BCUT2D eigenvalue weighted by atomic mass is 32.2. The van der Waals surface area contributed by atoms with Crippen molar-refractivity contribution in [1.29, 1.82) is 0 Å². The first-order valence-corrected chi connectivity index (χ1v) is 4.25. The van der Waals surface area contributed by atoms with E-state index in [9.17, 15) is 4.79 Å². The van der Waals surface area contributed by atoms with E-state index < -0.39 is 0 Å². The van der Waals surface area contributed by atoms with Crippen LogP contribution in [0.15, 0.2) is 5.16 Å². The Morgan fingerprint density at radius 3 is 3.00 bits per heavy atom. The molecule has 62 valence electrons. The van der Waals surface area contributed by atoms with E-state index >= 15 is 0 Å². The van der Waals surface area contributed by atoms with Gasteiger partial charge in [0.2, 0.25) is 5.91 Å². The fraction of sp³-hybridized carbons (Fsp3) is 0.667. The molecule has 1 unspecified atom stereocenters. The van der Waals surface area contributed by atoms with E-state index in [1.54, 1.807) is 11.9 Å². The van der Waals surface area contributed by atoms with E-state index in [4.69, 9.17) is 5.21 Å². The Hall–Kier alpha value is -0.710. The molecule has 0 saturated carbocycles. The number of oxime groups is 1. The Balaban J connectivity index is 2.75. The van der Waals surface area contributed by atoms with E-state index in [0.717, 1.165) is 0 Å². The normalized spacial score (nSPS) is 29.6. The molecule has 1 atom stereocenters. The van der Waals surface area contributed by atoms with Gasteiger partial charge in [0.25, 0.3) is 0 Å². The molecule has 4 nitrogen and oxygen atoms in total. The lowest BCUT2D eigenvalue weighted by Gasteiger charge is -2.29. The van der Waals surface area contributed by atoms with E-state index in [2.05, 4.69) is 5.16 Å². The van der Waals surface area contributed by atoms with Crippen LogP contribution in [0.4, 0.5) is 0 Å². The second kappa shape index (κ2) is 3.13. The topological polar surface area (TPSA) is 52.9 Å². The van der Waals surface area contributed by atoms with Gasteiger partial charge in [-0.3, -0.25) is 4.79 Å².